The number of carbonyl (C=O) groups is 2. The molecule has 0 N–H and O–H groups in total. The van der Waals surface area contributed by atoms with Crippen LogP contribution in [-0.2, 0) is 19.1 Å². The number of hydrogen-bond donors (Lipinski definition) is 0. The predicted octanol–water partition coefficient (Wildman–Crippen LogP) is 2.41. The summed E-state index contributed by atoms with van der Waals surface area (Å²) in [5.74, 6) is -2.02. The van der Waals surface area contributed by atoms with Crippen molar-refractivity contribution in [3.8, 4) is 0 Å². The topological polar surface area (TPSA) is 52.6 Å². The molecule has 0 spiro atoms. The van der Waals surface area contributed by atoms with Crippen LogP contribution < -0.4 is 0 Å². The second kappa shape index (κ2) is 16.8. The molecular weight excluding hydrogens is 336 g/mol. The van der Waals surface area contributed by atoms with Crippen LogP contribution in [0.25, 0.3) is 0 Å². The van der Waals surface area contributed by atoms with Crippen molar-refractivity contribution in [2.24, 2.45) is 5.92 Å². The van der Waals surface area contributed by atoms with E-state index < -0.39 is 31.2 Å². The first-order chi connectivity index (χ1) is 10.8. The van der Waals surface area contributed by atoms with E-state index >= 15 is 0 Å². The standard InChI is InChI=1S/C12H22F2NO4.2F2/c1-15(2,3)9-10(12(17)19-7-5-14)8-11(16)18-6-4-13;2*1-2/h10H,4-9H2,1-3H3;;/q+1;;. The molecule has 0 aromatic carbocycles. The zero-order chi connectivity index (χ0) is 18.9. The van der Waals surface area contributed by atoms with Crippen molar-refractivity contribution in [3.63, 3.8) is 0 Å². The van der Waals surface area contributed by atoms with Gasteiger partial charge in [0, 0.05) is 18.3 Å². The Bertz CT molecular complexity index is 302. The highest BCUT2D eigenvalue weighted by atomic mass is 20.0. The number of alkyl halides is 2. The number of quaternary nitrogens is 1. The Morgan fingerprint density at radius 3 is 1.74 bits per heavy atom. The van der Waals surface area contributed by atoms with Crippen LogP contribution in [0.3, 0.4) is 0 Å². The fourth-order valence-corrected chi connectivity index (χ4v) is 1.55. The maximum absolute atomic E-state index is 12.0. The quantitative estimate of drug-likeness (QED) is 0.361. The van der Waals surface area contributed by atoms with Gasteiger partial charge in [-0.25, -0.2) is 8.78 Å². The van der Waals surface area contributed by atoms with Gasteiger partial charge < -0.3 is 14.0 Å². The second-order valence-corrected chi connectivity index (χ2v) is 5.14. The molecule has 23 heavy (non-hydrogen) atoms. The van der Waals surface area contributed by atoms with Crippen molar-refractivity contribution in [1.29, 1.82) is 0 Å². The summed E-state index contributed by atoms with van der Waals surface area (Å²) in [6, 6.07) is 0. The highest BCUT2D eigenvalue weighted by Gasteiger charge is 2.29. The summed E-state index contributed by atoms with van der Waals surface area (Å²) in [5.41, 5.74) is 0. The minimum Gasteiger partial charge on any atom is -0.463 e. The van der Waals surface area contributed by atoms with Crippen LogP contribution in [-0.4, -0.2) is 70.7 Å². The number of rotatable bonds is 9. The van der Waals surface area contributed by atoms with Crippen LogP contribution in [0.1, 0.15) is 6.42 Å². The molecule has 0 rings (SSSR count). The molecule has 11 heteroatoms. The van der Waals surface area contributed by atoms with E-state index in [1.807, 2.05) is 21.1 Å². The molecule has 0 aromatic heterocycles. The van der Waals surface area contributed by atoms with Gasteiger partial charge in [0.05, 0.1) is 34.1 Å². The number of halogens is 6. The van der Waals surface area contributed by atoms with Crippen LogP contribution in [0.4, 0.5) is 27.1 Å². The highest BCUT2D eigenvalue weighted by molar-refractivity contribution is 5.80. The molecule has 0 radical (unpaired) electrons. The zero-order valence-corrected chi connectivity index (χ0v) is 13.2. The Hall–Kier alpha value is -1.52. The maximum Gasteiger partial charge on any atom is 0.315 e. The van der Waals surface area contributed by atoms with Crippen LogP contribution in [0.5, 0.6) is 0 Å². The number of ether oxygens (including phenoxy) is 2. The SMILES string of the molecule is C[N+](C)(C)CC(CC(=O)OCCF)C(=O)OCCF.FF.FF. The molecule has 0 fully saturated rings. The van der Waals surface area contributed by atoms with Gasteiger partial charge in [0.15, 0.2) is 0 Å². The Morgan fingerprint density at radius 1 is 0.913 bits per heavy atom. The number of esters is 2. The van der Waals surface area contributed by atoms with Gasteiger partial charge in [-0.2, -0.15) is 0 Å². The number of nitrogens with zero attached hydrogens (tertiary/aromatic N) is 1. The van der Waals surface area contributed by atoms with E-state index in [9.17, 15) is 18.4 Å². The molecule has 5 nitrogen and oxygen atoms in total. The van der Waals surface area contributed by atoms with E-state index in [1.54, 1.807) is 0 Å². The first kappa shape index (κ1) is 26.4. The summed E-state index contributed by atoms with van der Waals surface area (Å²) in [4.78, 5) is 23.1. The van der Waals surface area contributed by atoms with E-state index in [4.69, 9.17) is 23.0 Å². The molecule has 0 bridgehead atoms. The maximum atomic E-state index is 12.0. The zero-order valence-electron chi connectivity index (χ0n) is 13.2. The van der Waals surface area contributed by atoms with Gasteiger partial charge in [0.25, 0.3) is 0 Å². The Labute approximate surface area is 130 Å². The summed E-state index contributed by atoms with van der Waals surface area (Å²) in [7, 11) is 5.55. The van der Waals surface area contributed by atoms with E-state index in [2.05, 4.69) is 4.74 Å². The van der Waals surface area contributed by atoms with Crippen LogP contribution >= 0.6 is 0 Å². The van der Waals surface area contributed by atoms with Crippen molar-refractivity contribution in [1.82, 2.24) is 0 Å². The van der Waals surface area contributed by atoms with Crippen LogP contribution in [0.15, 0.2) is 0 Å². The number of hydrogen-bond acceptors (Lipinski definition) is 4. The lowest BCUT2D eigenvalue weighted by Crippen LogP contribution is -2.43. The summed E-state index contributed by atoms with van der Waals surface area (Å²) in [5, 5.41) is 0. The smallest absolute Gasteiger partial charge is 0.315 e. The molecule has 0 aromatic rings. The Kier molecular flexibility index (Phi) is 19.3. The molecule has 0 heterocycles. The van der Waals surface area contributed by atoms with Crippen LogP contribution in [0, 0.1) is 5.92 Å². The Balaban J connectivity index is -0.000000919. The first-order valence-corrected chi connectivity index (χ1v) is 6.33. The molecular formula is C12H22F6NO4+. The molecule has 0 aliphatic heterocycles. The van der Waals surface area contributed by atoms with Crippen molar-refractivity contribution in [2.45, 2.75) is 6.42 Å². The lowest BCUT2D eigenvalue weighted by molar-refractivity contribution is -0.872. The van der Waals surface area contributed by atoms with Gasteiger partial charge in [-0.1, -0.05) is 0 Å². The Morgan fingerprint density at radius 2 is 1.35 bits per heavy atom. The van der Waals surface area contributed by atoms with Crippen molar-refractivity contribution < 1.29 is 50.6 Å². The molecule has 1 atom stereocenters. The fraction of sp³-hybridized carbons (Fsp3) is 0.833. The van der Waals surface area contributed by atoms with Crippen molar-refractivity contribution in [2.75, 3.05) is 54.3 Å². The molecule has 0 saturated heterocycles. The van der Waals surface area contributed by atoms with Gasteiger partial charge in [0.2, 0.25) is 0 Å². The predicted molar refractivity (Wildman–Crippen MR) is 69.3 cm³/mol. The molecule has 0 amide bonds. The summed E-state index contributed by atoms with van der Waals surface area (Å²) < 4.78 is 65.6. The third kappa shape index (κ3) is 18.4. The molecule has 140 valence electrons. The largest absolute Gasteiger partial charge is 0.463 e. The van der Waals surface area contributed by atoms with Gasteiger partial charge in [-0.05, 0) is 0 Å². The summed E-state index contributed by atoms with van der Waals surface area (Å²) in [6.07, 6.45) is -0.194. The highest BCUT2D eigenvalue weighted by Crippen LogP contribution is 2.12. The third-order valence-corrected chi connectivity index (χ3v) is 2.18. The van der Waals surface area contributed by atoms with Gasteiger partial charge in [-0.3, -0.25) is 9.59 Å². The van der Waals surface area contributed by atoms with E-state index in [0.717, 1.165) is 0 Å². The summed E-state index contributed by atoms with van der Waals surface area (Å²) in [6.45, 7) is -1.84. The lowest BCUT2D eigenvalue weighted by atomic mass is 10.0. The van der Waals surface area contributed by atoms with Crippen molar-refractivity contribution in [3.05, 3.63) is 0 Å². The number of carbonyl (C=O) groups excluding carboxylic acids is 2. The van der Waals surface area contributed by atoms with Crippen molar-refractivity contribution >= 4 is 11.9 Å². The van der Waals surface area contributed by atoms with Gasteiger partial charge in [-0.15, -0.1) is 0 Å². The second-order valence-electron chi connectivity index (χ2n) is 5.14. The minimum absolute atomic E-state index is 0.194. The third-order valence-electron chi connectivity index (χ3n) is 2.18. The van der Waals surface area contributed by atoms with Crippen LogP contribution in [0.2, 0.25) is 0 Å². The van der Waals surface area contributed by atoms with E-state index in [1.165, 1.54) is 0 Å². The molecule has 1 unspecified atom stereocenters. The molecule has 0 saturated carbocycles. The minimum atomic E-state index is -0.769. The van der Waals surface area contributed by atoms with Gasteiger partial charge >= 0.3 is 11.9 Å². The molecule has 0 aliphatic rings. The monoisotopic (exact) mass is 358 g/mol. The first-order valence-electron chi connectivity index (χ1n) is 6.33. The fourth-order valence-electron chi connectivity index (χ4n) is 1.55. The van der Waals surface area contributed by atoms with E-state index in [-0.39, 0.29) is 19.6 Å². The van der Waals surface area contributed by atoms with E-state index in [0.29, 0.717) is 11.0 Å². The molecule has 0 aliphatic carbocycles. The lowest BCUT2D eigenvalue weighted by Gasteiger charge is -2.27. The summed E-state index contributed by atoms with van der Waals surface area (Å²) >= 11 is 0. The average Bonchev–Trinajstić information content (AvgIpc) is 2.52. The van der Waals surface area contributed by atoms with Gasteiger partial charge in [0.1, 0.15) is 32.5 Å². The average molecular weight is 358 g/mol. The normalized spacial score (nSPS) is 11.2.